The third-order valence-corrected chi connectivity index (χ3v) is 3.98. The zero-order chi connectivity index (χ0) is 12.5. The van der Waals surface area contributed by atoms with E-state index in [4.69, 9.17) is 4.74 Å². The van der Waals surface area contributed by atoms with Gasteiger partial charge in [0.25, 0.3) is 5.91 Å². The largest absolute Gasteiger partial charge is 0.381 e. The smallest absolute Gasteiger partial charge is 0.268 e. The van der Waals surface area contributed by atoms with Crippen molar-refractivity contribution in [3.05, 3.63) is 22.4 Å². The highest BCUT2D eigenvalue weighted by Crippen LogP contribution is 2.37. The molecule has 0 aromatic carbocycles. The van der Waals surface area contributed by atoms with Crippen LogP contribution in [0.4, 0.5) is 0 Å². The number of halogens is 1. The fraction of sp³-hybridized carbons (Fsp3) is 0.615. The van der Waals surface area contributed by atoms with Gasteiger partial charge in [-0.2, -0.15) is 0 Å². The summed E-state index contributed by atoms with van der Waals surface area (Å²) < 4.78 is 8.37. The second-order valence-corrected chi connectivity index (χ2v) is 5.96. The van der Waals surface area contributed by atoms with E-state index in [1.165, 1.54) is 12.8 Å². The number of rotatable bonds is 3. The van der Waals surface area contributed by atoms with Crippen molar-refractivity contribution < 1.29 is 9.53 Å². The zero-order valence-electron chi connectivity index (χ0n) is 10.2. The molecule has 1 saturated heterocycles. The Morgan fingerprint density at radius 1 is 1.33 bits per heavy atom. The lowest BCUT2D eigenvalue weighted by molar-refractivity contribution is 0.0692. The van der Waals surface area contributed by atoms with E-state index in [1.54, 1.807) is 0 Å². The third kappa shape index (κ3) is 2.62. The number of aromatic nitrogens is 1. The minimum absolute atomic E-state index is 0.0412. The molecule has 4 nitrogen and oxygen atoms in total. The summed E-state index contributed by atoms with van der Waals surface area (Å²) in [6.45, 7) is 1.50. The number of ether oxygens (including phenoxy) is 1. The van der Waals surface area contributed by atoms with Crippen molar-refractivity contribution in [3.63, 3.8) is 0 Å². The lowest BCUT2D eigenvalue weighted by Crippen LogP contribution is -2.39. The van der Waals surface area contributed by atoms with Gasteiger partial charge < -0.3 is 14.6 Å². The molecule has 5 heteroatoms. The molecule has 0 bridgehead atoms. The molecule has 1 saturated carbocycles. The average molecular weight is 313 g/mol. The van der Waals surface area contributed by atoms with Gasteiger partial charge in [-0.05, 0) is 47.7 Å². The van der Waals surface area contributed by atoms with Gasteiger partial charge in [0.15, 0.2) is 0 Å². The number of carbonyl (C=O) groups is 1. The van der Waals surface area contributed by atoms with E-state index in [0.29, 0.717) is 6.04 Å². The van der Waals surface area contributed by atoms with Gasteiger partial charge in [0.2, 0.25) is 0 Å². The fourth-order valence-corrected chi connectivity index (χ4v) is 2.82. The Bertz CT molecular complexity index is 448. The molecule has 2 heterocycles. The molecular formula is C13H17BrN2O2. The predicted octanol–water partition coefficient (Wildman–Crippen LogP) is 2.49. The van der Waals surface area contributed by atoms with E-state index in [-0.39, 0.29) is 11.9 Å². The van der Waals surface area contributed by atoms with E-state index >= 15 is 0 Å². The maximum Gasteiger partial charge on any atom is 0.268 e. The zero-order valence-corrected chi connectivity index (χ0v) is 11.8. The highest BCUT2D eigenvalue weighted by molar-refractivity contribution is 9.10. The van der Waals surface area contributed by atoms with E-state index in [9.17, 15) is 4.79 Å². The average Bonchev–Trinajstić information content (AvgIpc) is 3.13. The molecule has 0 atom stereocenters. The molecule has 1 amide bonds. The van der Waals surface area contributed by atoms with Crippen molar-refractivity contribution in [3.8, 4) is 0 Å². The molecule has 2 fully saturated rings. The number of nitrogens with one attached hydrogen (secondary N) is 1. The lowest BCUT2D eigenvalue weighted by Gasteiger charge is -2.23. The van der Waals surface area contributed by atoms with E-state index in [1.807, 2.05) is 12.3 Å². The summed E-state index contributed by atoms with van der Waals surface area (Å²) in [5, 5.41) is 3.11. The number of amides is 1. The quantitative estimate of drug-likeness (QED) is 0.932. The van der Waals surface area contributed by atoms with Crippen molar-refractivity contribution in [2.75, 3.05) is 13.2 Å². The first-order valence-electron chi connectivity index (χ1n) is 6.50. The summed E-state index contributed by atoms with van der Waals surface area (Å²) in [4.78, 5) is 12.3. The molecule has 0 spiro atoms. The second-order valence-electron chi connectivity index (χ2n) is 5.04. The van der Waals surface area contributed by atoms with Gasteiger partial charge in [-0.15, -0.1) is 0 Å². The highest BCUT2D eigenvalue weighted by Gasteiger charge is 2.28. The summed E-state index contributed by atoms with van der Waals surface area (Å²) in [7, 11) is 0. The molecule has 0 radical (unpaired) electrons. The first-order valence-corrected chi connectivity index (χ1v) is 7.29. The van der Waals surface area contributed by atoms with Crippen molar-refractivity contribution in [2.45, 2.75) is 37.8 Å². The fourth-order valence-electron chi connectivity index (χ4n) is 2.38. The van der Waals surface area contributed by atoms with Gasteiger partial charge >= 0.3 is 0 Å². The Labute approximate surface area is 115 Å². The van der Waals surface area contributed by atoms with E-state index in [0.717, 1.165) is 36.2 Å². The van der Waals surface area contributed by atoms with Crippen LogP contribution in [0.2, 0.25) is 0 Å². The van der Waals surface area contributed by atoms with E-state index in [2.05, 4.69) is 25.8 Å². The number of hydrogen-bond acceptors (Lipinski definition) is 2. The van der Waals surface area contributed by atoms with E-state index < -0.39 is 0 Å². The van der Waals surface area contributed by atoms with Crippen LogP contribution < -0.4 is 5.32 Å². The Balaban J connectivity index is 1.71. The van der Waals surface area contributed by atoms with Crippen LogP contribution in [-0.2, 0) is 4.74 Å². The molecular weight excluding hydrogens is 296 g/mol. The monoisotopic (exact) mass is 312 g/mol. The Hall–Kier alpha value is -0.810. The molecule has 1 N–H and O–H groups in total. The molecule has 1 aromatic rings. The Morgan fingerprint density at radius 2 is 2.06 bits per heavy atom. The van der Waals surface area contributed by atoms with Crippen molar-refractivity contribution in [1.82, 2.24) is 9.88 Å². The molecule has 2 aliphatic rings. The van der Waals surface area contributed by atoms with Crippen molar-refractivity contribution in [2.24, 2.45) is 0 Å². The minimum atomic E-state index is 0.0412. The maximum absolute atomic E-state index is 12.3. The van der Waals surface area contributed by atoms with Gasteiger partial charge in [0.1, 0.15) is 5.69 Å². The van der Waals surface area contributed by atoms with Gasteiger partial charge in [-0.25, -0.2) is 0 Å². The normalized spacial score (nSPS) is 20.9. The van der Waals surface area contributed by atoms with Gasteiger partial charge in [0.05, 0.1) is 0 Å². The van der Waals surface area contributed by atoms with Crippen LogP contribution in [0.1, 0.15) is 42.2 Å². The third-order valence-electron chi connectivity index (χ3n) is 3.54. The first kappa shape index (κ1) is 12.2. The molecule has 1 aliphatic heterocycles. The van der Waals surface area contributed by atoms with Gasteiger partial charge in [-0.1, -0.05) is 0 Å². The van der Waals surface area contributed by atoms with Gasteiger partial charge in [0, 0.05) is 36.0 Å². The van der Waals surface area contributed by atoms with Crippen LogP contribution in [-0.4, -0.2) is 29.7 Å². The van der Waals surface area contributed by atoms with Gasteiger partial charge in [-0.3, -0.25) is 4.79 Å². The summed E-state index contributed by atoms with van der Waals surface area (Å²) >= 11 is 3.45. The SMILES string of the molecule is O=C(NC1CCOCC1)c1cc(Br)cn1C1CC1. The summed E-state index contributed by atoms with van der Waals surface area (Å²) in [6, 6.07) is 2.69. The molecule has 98 valence electrons. The van der Waals surface area contributed by atoms with Crippen LogP contribution in [0.15, 0.2) is 16.7 Å². The van der Waals surface area contributed by atoms with Crippen molar-refractivity contribution in [1.29, 1.82) is 0 Å². The van der Waals surface area contributed by atoms with Crippen LogP contribution in [0.5, 0.6) is 0 Å². The number of hydrogen-bond donors (Lipinski definition) is 1. The van der Waals surface area contributed by atoms with Crippen LogP contribution in [0.3, 0.4) is 0 Å². The Kier molecular flexibility index (Phi) is 3.43. The summed E-state index contributed by atoms with van der Waals surface area (Å²) in [5.41, 5.74) is 0.774. The predicted molar refractivity (Wildman–Crippen MR) is 71.7 cm³/mol. The standard InChI is InChI=1S/C13H17BrN2O2/c14-9-7-12(16(8-9)11-1-2-11)13(17)15-10-3-5-18-6-4-10/h7-8,10-11H,1-6H2,(H,15,17). The van der Waals surface area contributed by atoms with Crippen LogP contribution >= 0.6 is 15.9 Å². The lowest BCUT2D eigenvalue weighted by atomic mass is 10.1. The molecule has 0 unspecified atom stereocenters. The summed E-state index contributed by atoms with van der Waals surface area (Å²) in [6.07, 6.45) is 6.20. The molecule has 3 rings (SSSR count). The maximum atomic E-state index is 12.3. The van der Waals surface area contributed by atoms with Crippen molar-refractivity contribution >= 4 is 21.8 Å². The topological polar surface area (TPSA) is 43.3 Å². The number of nitrogens with zero attached hydrogens (tertiary/aromatic N) is 1. The second kappa shape index (κ2) is 5.05. The molecule has 1 aromatic heterocycles. The Morgan fingerprint density at radius 3 is 2.72 bits per heavy atom. The highest BCUT2D eigenvalue weighted by atomic mass is 79.9. The molecule has 1 aliphatic carbocycles. The molecule has 18 heavy (non-hydrogen) atoms. The van der Waals surface area contributed by atoms with Crippen LogP contribution in [0, 0.1) is 0 Å². The first-order chi connectivity index (χ1) is 8.74. The number of carbonyl (C=O) groups excluding carboxylic acids is 1. The van der Waals surface area contributed by atoms with Crippen LogP contribution in [0.25, 0.3) is 0 Å². The minimum Gasteiger partial charge on any atom is -0.381 e. The summed E-state index contributed by atoms with van der Waals surface area (Å²) in [5.74, 6) is 0.0412.